The van der Waals surface area contributed by atoms with Crippen LogP contribution in [0.15, 0.2) is 36.4 Å². The smallest absolute Gasteiger partial charge is 0.338 e. The molecule has 0 spiro atoms. The summed E-state index contributed by atoms with van der Waals surface area (Å²) >= 11 is 0. The number of aryl methyl sites for hydroxylation is 2. The summed E-state index contributed by atoms with van der Waals surface area (Å²) in [6.45, 7) is 3.15. The van der Waals surface area contributed by atoms with Crippen molar-refractivity contribution >= 4 is 17.5 Å². The summed E-state index contributed by atoms with van der Waals surface area (Å²) < 4.78 is 78.3. The molecule has 2 aromatic carbocycles. The highest BCUT2D eigenvalue weighted by molar-refractivity contribution is 5.97. The third-order valence-electron chi connectivity index (χ3n) is 5.10. The lowest BCUT2D eigenvalue weighted by atomic mass is 10.0. The van der Waals surface area contributed by atoms with Crippen molar-refractivity contribution in [3.63, 3.8) is 0 Å². The molecule has 2 aromatic rings. The molecule has 1 unspecified atom stereocenters. The number of hydrogen-bond acceptors (Lipinski definition) is 2. The number of halogens is 6. The van der Waals surface area contributed by atoms with E-state index in [-0.39, 0.29) is 24.6 Å². The third kappa shape index (κ3) is 5.60. The van der Waals surface area contributed by atoms with Crippen molar-refractivity contribution in [2.75, 3.05) is 11.9 Å². The summed E-state index contributed by atoms with van der Waals surface area (Å²) in [6, 6.07) is 6.63. The molecule has 1 N–H and O–H groups in total. The van der Waals surface area contributed by atoms with Gasteiger partial charge in [0.15, 0.2) is 0 Å². The fourth-order valence-corrected chi connectivity index (χ4v) is 3.72. The molecule has 1 aliphatic heterocycles. The zero-order valence-corrected chi connectivity index (χ0v) is 17.2. The van der Waals surface area contributed by atoms with E-state index in [1.54, 1.807) is 12.1 Å². The Morgan fingerprint density at radius 1 is 0.938 bits per heavy atom. The van der Waals surface area contributed by atoms with Gasteiger partial charge in [-0.3, -0.25) is 9.59 Å². The maximum Gasteiger partial charge on any atom is 0.416 e. The predicted molar refractivity (Wildman–Crippen MR) is 105 cm³/mol. The van der Waals surface area contributed by atoms with E-state index in [9.17, 15) is 35.9 Å². The Bertz CT molecular complexity index is 993. The van der Waals surface area contributed by atoms with Crippen molar-refractivity contribution in [1.29, 1.82) is 0 Å². The molecule has 0 saturated carbocycles. The van der Waals surface area contributed by atoms with E-state index in [4.69, 9.17) is 0 Å². The van der Waals surface area contributed by atoms with Gasteiger partial charge in [-0.05, 0) is 60.9 Å². The van der Waals surface area contributed by atoms with Crippen LogP contribution in [0.25, 0.3) is 0 Å². The molecular formula is C22H20F6N2O2. The van der Waals surface area contributed by atoms with Crippen LogP contribution in [-0.4, -0.2) is 23.3 Å². The van der Waals surface area contributed by atoms with Crippen molar-refractivity contribution in [3.05, 3.63) is 64.2 Å². The highest BCUT2D eigenvalue weighted by Gasteiger charge is 2.38. The van der Waals surface area contributed by atoms with Crippen LogP contribution in [0.3, 0.4) is 0 Å². The second-order valence-electron chi connectivity index (χ2n) is 7.96. The van der Waals surface area contributed by atoms with E-state index < -0.39 is 47.8 Å². The number of amides is 2. The van der Waals surface area contributed by atoms with E-state index in [1.807, 2.05) is 19.9 Å². The Hall–Kier alpha value is -3.04. The molecule has 4 nitrogen and oxygen atoms in total. The molecule has 1 heterocycles. The summed E-state index contributed by atoms with van der Waals surface area (Å²) in [5, 5.41) is 2.71. The molecule has 172 valence electrons. The van der Waals surface area contributed by atoms with Gasteiger partial charge in [-0.25, -0.2) is 0 Å². The molecule has 1 aliphatic rings. The Balaban J connectivity index is 1.76. The second kappa shape index (κ2) is 8.48. The lowest BCUT2D eigenvalue weighted by Gasteiger charge is -2.19. The Morgan fingerprint density at radius 3 is 1.97 bits per heavy atom. The molecule has 3 rings (SSSR count). The number of alkyl halides is 6. The molecule has 0 bridgehead atoms. The van der Waals surface area contributed by atoms with Gasteiger partial charge in [0.05, 0.1) is 17.0 Å². The van der Waals surface area contributed by atoms with Crippen LogP contribution in [-0.2, 0) is 28.5 Å². The van der Waals surface area contributed by atoms with Gasteiger partial charge in [-0.1, -0.05) is 6.07 Å². The fraction of sp³-hybridized carbons (Fsp3) is 0.364. The van der Waals surface area contributed by atoms with Crippen LogP contribution in [0.1, 0.15) is 34.2 Å². The average molecular weight is 458 g/mol. The Kier molecular flexibility index (Phi) is 6.26. The van der Waals surface area contributed by atoms with Gasteiger partial charge >= 0.3 is 12.4 Å². The van der Waals surface area contributed by atoms with Crippen molar-refractivity contribution in [2.45, 2.75) is 39.2 Å². The van der Waals surface area contributed by atoms with E-state index >= 15 is 0 Å². The summed E-state index contributed by atoms with van der Waals surface area (Å²) in [6.07, 6.45) is -10.1. The van der Waals surface area contributed by atoms with E-state index in [0.717, 1.165) is 16.0 Å². The number of rotatable bonds is 4. The van der Waals surface area contributed by atoms with E-state index in [0.29, 0.717) is 17.8 Å². The summed E-state index contributed by atoms with van der Waals surface area (Å²) in [5.74, 6) is -1.72. The standard InChI is InChI=1S/C22H20F6N2O2/c1-12-3-13(2)5-18(4-12)29-20(32)15-8-19(31)30(11-15)10-14-6-16(21(23,24)25)9-17(7-14)22(26,27)28/h3-7,9,15H,8,10-11H2,1-2H3,(H,29,32). The first-order valence-corrected chi connectivity index (χ1v) is 9.67. The maximum atomic E-state index is 13.1. The maximum absolute atomic E-state index is 13.1. The minimum absolute atomic E-state index is 0.0371. The van der Waals surface area contributed by atoms with Gasteiger partial charge in [0.1, 0.15) is 0 Å². The first kappa shape index (κ1) is 23.6. The van der Waals surface area contributed by atoms with Gasteiger partial charge < -0.3 is 10.2 Å². The number of benzene rings is 2. The molecule has 32 heavy (non-hydrogen) atoms. The summed E-state index contributed by atoms with van der Waals surface area (Å²) in [4.78, 5) is 26.0. The molecule has 0 radical (unpaired) electrons. The second-order valence-corrected chi connectivity index (χ2v) is 7.96. The van der Waals surface area contributed by atoms with Crippen molar-refractivity contribution in [1.82, 2.24) is 4.90 Å². The van der Waals surface area contributed by atoms with E-state index in [2.05, 4.69) is 5.32 Å². The van der Waals surface area contributed by atoms with Crippen molar-refractivity contribution in [2.24, 2.45) is 5.92 Å². The van der Waals surface area contributed by atoms with Crippen LogP contribution < -0.4 is 5.32 Å². The monoisotopic (exact) mass is 458 g/mol. The molecular weight excluding hydrogens is 438 g/mol. The van der Waals surface area contributed by atoms with Gasteiger partial charge in [-0.2, -0.15) is 26.3 Å². The fourth-order valence-electron chi connectivity index (χ4n) is 3.72. The SMILES string of the molecule is Cc1cc(C)cc(NC(=O)C2CC(=O)N(Cc3cc(C(F)(F)F)cc(C(F)(F)F)c3)C2)c1. The molecule has 10 heteroatoms. The minimum Gasteiger partial charge on any atom is -0.338 e. The molecule has 1 fully saturated rings. The predicted octanol–water partition coefficient (Wildman–Crippen LogP) is 5.33. The lowest BCUT2D eigenvalue weighted by molar-refractivity contribution is -0.143. The zero-order chi connectivity index (χ0) is 23.8. The molecule has 1 saturated heterocycles. The van der Waals surface area contributed by atoms with Gasteiger partial charge in [0.2, 0.25) is 11.8 Å². The van der Waals surface area contributed by atoms with Crippen molar-refractivity contribution < 1.29 is 35.9 Å². The highest BCUT2D eigenvalue weighted by Crippen LogP contribution is 2.37. The third-order valence-corrected chi connectivity index (χ3v) is 5.10. The van der Waals surface area contributed by atoms with Crippen molar-refractivity contribution in [3.8, 4) is 0 Å². The molecule has 1 atom stereocenters. The lowest BCUT2D eigenvalue weighted by Crippen LogP contribution is -2.28. The number of nitrogens with one attached hydrogen (secondary N) is 1. The van der Waals surface area contributed by atoms with Gasteiger partial charge in [-0.15, -0.1) is 0 Å². The van der Waals surface area contributed by atoms with Crippen LogP contribution in [0, 0.1) is 19.8 Å². The normalized spacial score (nSPS) is 17.1. The first-order chi connectivity index (χ1) is 14.7. The highest BCUT2D eigenvalue weighted by atomic mass is 19.4. The number of likely N-dealkylation sites (tertiary alicyclic amines) is 1. The number of anilines is 1. The van der Waals surface area contributed by atoms with E-state index in [1.165, 1.54) is 0 Å². The minimum atomic E-state index is -4.97. The number of hydrogen-bond donors (Lipinski definition) is 1. The van der Waals surface area contributed by atoms with Gasteiger partial charge in [0, 0.05) is 25.2 Å². The molecule has 0 aromatic heterocycles. The molecule has 2 amide bonds. The Labute approximate surface area is 180 Å². The number of carbonyl (C=O) groups excluding carboxylic acids is 2. The largest absolute Gasteiger partial charge is 0.416 e. The zero-order valence-electron chi connectivity index (χ0n) is 17.2. The molecule has 0 aliphatic carbocycles. The van der Waals surface area contributed by atoms with Crippen LogP contribution in [0.4, 0.5) is 32.0 Å². The quantitative estimate of drug-likeness (QED) is 0.630. The number of carbonyl (C=O) groups is 2. The summed E-state index contributed by atoms with van der Waals surface area (Å²) in [5.41, 5.74) is -0.804. The van der Waals surface area contributed by atoms with Crippen LogP contribution in [0.5, 0.6) is 0 Å². The average Bonchev–Trinajstić information content (AvgIpc) is 3.00. The van der Waals surface area contributed by atoms with Crippen LogP contribution >= 0.6 is 0 Å². The summed E-state index contributed by atoms with van der Waals surface area (Å²) in [7, 11) is 0. The van der Waals surface area contributed by atoms with Gasteiger partial charge in [0.25, 0.3) is 0 Å². The number of nitrogens with zero attached hydrogens (tertiary/aromatic N) is 1. The van der Waals surface area contributed by atoms with Crippen LogP contribution in [0.2, 0.25) is 0 Å². The first-order valence-electron chi connectivity index (χ1n) is 9.67. The Morgan fingerprint density at radius 2 is 1.47 bits per heavy atom. The topological polar surface area (TPSA) is 49.4 Å².